The smallest absolute Gasteiger partial charge is 0.340 e. The molecule has 2 aromatic rings. The molecule has 5 heteroatoms. The van der Waals surface area contributed by atoms with Crippen LogP contribution in [-0.4, -0.2) is 23.5 Å². The lowest BCUT2D eigenvalue weighted by Gasteiger charge is -2.11. The van der Waals surface area contributed by atoms with Crippen molar-refractivity contribution in [3.63, 3.8) is 0 Å². The molecular weight excluding hydrogens is 280 g/mol. The second-order valence-corrected chi connectivity index (χ2v) is 5.08. The summed E-state index contributed by atoms with van der Waals surface area (Å²) in [5, 5.41) is 2.76. The maximum atomic E-state index is 11.9. The number of aryl methyl sites for hydroxylation is 3. The number of esters is 1. The van der Waals surface area contributed by atoms with Gasteiger partial charge in [-0.05, 0) is 44.0 Å². The molecule has 1 aromatic carbocycles. The molecule has 1 amide bonds. The molecule has 0 aliphatic carbocycles. The second-order valence-electron chi connectivity index (χ2n) is 5.08. The van der Waals surface area contributed by atoms with Gasteiger partial charge in [0.05, 0.1) is 5.56 Å². The molecule has 0 saturated carbocycles. The van der Waals surface area contributed by atoms with E-state index in [4.69, 9.17) is 4.74 Å². The van der Waals surface area contributed by atoms with E-state index >= 15 is 0 Å². The van der Waals surface area contributed by atoms with Crippen molar-refractivity contribution < 1.29 is 14.3 Å². The van der Waals surface area contributed by atoms with Crippen molar-refractivity contribution in [2.24, 2.45) is 0 Å². The van der Waals surface area contributed by atoms with Crippen LogP contribution in [0.1, 0.15) is 27.2 Å². The first-order valence-corrected chi connectivity index (χ1v) is 6.93. The monoisotopic (exact) mass is 298 g/mol. The van der Waals surface area contributed by atoms with Crippen molar-refractivity contribution >= 4 is 17.6 Å². The average molecular weight is 298 g/mol. The van der Waals surface area contributed by atoms with Crippen LogP contribution in [0, 0.1) is 20.8 Å². The van der Waals surface area contributed by atoms with E-state index in [0.717, 1.165) is 22.5 Å². The minimum atomic E-state index is -0.566. The number of nitrogens with zero attached hydrogens (tertiary/aromatic N) is 1. The number of hydrogen-bond donors (Lipinski definition) is 1. The number of anilines is 1. The van der Waals surface area contributed by atoms with Crippen LogP contribution in [0.2, 0.25) is 0 Å². The van der Waals surface area contributed by atoms with Crippen LogP contribution in [-0.2, 0) is 9.53 Å². The van der Waals surface area contributed by atoms with E-state index < -0.39 is 5.97 Å². The molecule has 0 atom stereocenters. The summed E-state index contributed by atoms with van der Waals surface area (Å²) < 4.78 is 4.99. The van der Waals surface area contributed by atoms with Gasteiger partial charge in [0.25, 0.3) is 5.91 Å². The van der Waals surface area contributed by atoms with Gasteiger partial charge in [-0.1, -0.05) is 18.2 Å². The molecule has 0 fully saturated rings. The zero-order chi connectivity index (χ0) is 16.1. The molecule has 2 rings (SSSR count). The predicted octanol–water partition coefficient (Wildman–Crippen LogP) is 2.80. The molecule has 0 radical (unpaired) electrons. The van der Waals surface area contributed by atoms with E-state index in [0.29, 0.717) is 5.56 Å². The van der Waals surface area contributed by atoms with Crippen LogP contribution in [0.4, 0.5) is 5.69 Å². The summed E-state index contributed by atoms with van der Waals surface area (Å²) >= 11 is 0. The molecule has 0 bridgehead atoms. The number of amides is 1. The maximum absolute atomic E-state index is 11.9. The van der Waals surface area contributed by atoms with E-state index in [-0.39, 0.29) is 12.5 Å². The van der Waals surface area contributed by atoms with Crippen molar-refractivity contribution in [1.82, 2.24) is 4.98 Å². The highest BCUT2D eigenvalue weighted by atomic mass is 16.5. The summed E-state index contributed by atoms with van der Waals surface area (Å²) in [4.78, 5) is 27.7. The molecule has 1 aromatic heterocycles. The van der Waals surface area contributed by atoms with Gasteiger partial charge in [-0.2, -0.15) is 0 Å². The second kappa shape index (κ2) is 6.85. The highest BCUT2D eigenvalue weighted by Crippen LogP contribution is 2.19. The Morgan fingerprint density at radius 3 is 2.36 bits per heavy atom. The number of para-hydroxylation sites is 1. The largest absolute Gasteiger partial charge is 0.452 e. The van der Waals surface area contributed by atoms with Gasteiger partial charge in [-0.25, -0.2) is 4.79 Å². The Morgan fingerprint density at radius 2 is 1.77 bits per heavy atom. The Morgan fingerprint density at radius 1 is 1.09 bits per heavy atom. The van der Waals surface area contributed by atoms with E-state index in [1.165, 1.54) is 6.20 Å². The molecule has 5 nitrogen and oxygen atoms in total. The summed E-state index contributed by atoms with van der Waals surface area (Å²) in [5.41, 5.74) is 3.81. The van der Waals surface area contributed by atoms with Crippen molar-refractivity contribution in [3.05, 3.63) is 58.9 Å². The SMILES string of the molecule is Cc1ccc(C(=O)OCC(=O)Nc2c(C)cccc2C)cn1. The summed E-state index contributed by atoms with van der Waals surface area (Å²) in [6, 6.07) is 9.07. The Bertz CT molecular complexity index is 673. The van der Waals surface area contributed by atoms with Crippen molar-refractivity contribution in [2.75, 3.05) is 11.9 Å². The highest BCUT2D eigenvalue weighted by Gasteiger charge is 2.12. The zero-order valence-electron chi connectivity index (χ0n) is 12.8. The van der Waals surface area contributed by atoms with Crippen LogP contribution >= 0.6 is 0 Å². The van der Waals surface area contributed by atoms with E-state index in [9.17, 15) is 9.59 Å². The van der Waals surface area contributed by atoms with Gasteiger partial charge in [0, 0.05) is 17.6 Å². The fraction of sp³-hybridized carbons (Fsp3) is 0.235. The Balaban J connectivity index is 1.93. The Hall–Kier alpha value is -2.69. The topological polar surface area (TPSA) is 68.3 Å². The zero-order valence-corrected chi connectivity index (χ0v) is 12.8. The van der Waals surface area contributed by atoms with Crippen LogP contribution in [0.15, 0.2) is 36.5 Å². The van der Waals surface area contributed by atoms with Crippen LogP contribution in [0.5, 0.6) is 0 Å². The van der Waals surface area contributed by atoms with Gasteiger partial charge < -0.3 is 10.1 Å². The quantitative estimate of drug-likeness (QED) is 0.881. The van der Waals surface area contributed by atoms with E-state index in [1.807, 2.05) is 39.0 Å². The van der Waals surface area contributed by atoms with Gasteiger partial charge in [-0.3, -0.25) is 9.78 Å². The first kappa shape index (κ1) is 15.7. The first-order valence-electron chi connectivity index (χ1n) is 6.93. The Labute approximate surface area is 129 Å². The number of ether oxygens (including phenoxy) is 1. The lowest BCUT2D eigenvalue weighted by molar-refractivity contribution is -0.119. The van der Waals surface area contributed by atoms with Gasteiger partial charge in [-0.15, -0.1) is 0 Å². The molecule has 22 heavy (non-hydrogen) atoms. The number of rotatable bonds is 4. The lowest BCUT2D eigenvalue weighted by Crippen LogP contribution is -2.21. The maximum Gasteiger partial charge on any atom is 0.340 e. The van der Waals surface area contributed by atoms with Gasteiger partial charge >= 0.3 is 5.97 Å². The van der Waals surface area contributed by atoms with E-state index in [2.05, 4.69) is 10.3 Å². The van der Waals surface area contributed by atoms with Gasteiger partial charge in [0.2, 0.25) is 0 Å². The fourth-order valence-electron chi connectivity index (χ4n) is 1.99. The summed E-state index contributed by atoms with van der Waals surface area (Å²) in [7, 11) is 0. The number of pyridine rings is 1. The highest BCUT2D eigenvalue weighted by molar-refractivity contribution is 5.96. The molecule has 0 saturated heterocycles. The number of nitrogens with one attached hydrogen (secondary N) is 1. The number of carbonyl (C=O) groups is 2. The molecule has 114 valence electrons. The first-order chi connectivity index (χ1) is 10.5. The number of aromatic nitrogens is 1. The number of benzene rings is 1. The molecule has 0 spiro atoms. The molecule has 0 unspecified atom stereocenters. The Kier molecular flexibility index (Phi) is 4.88. The summed E-state index contributed by atoms with van der Waals surface area (Å²) in [6.07, 6.45) is 1.43. The van der Waals surface area contributed by atoms with E-state index in [1.54, 1.807) is 12.1 Å². The minimum Gasteiger partial charge on any atom is -0.452 e. The number of hydrogen-bond acceptors (Lipinski definition) is 4. The van der Waals surface area contributed by atoms with Crippen LogP contribution in [0.25, 0.3) is 0 Å². The predicted molar refractivity (Wildman–Crippen MR) is 83.8 cm³/mol. The standard InChI is InChI=1S/C17H18N2O3/c1-11-5-4-6-12(2)16(11)19-15(20)10-22-17(21)14-8-7-13(3)18-9-14/h4-9H,10H2,1-3H3,(H,19,20). The minimum absolute atomic E-state index is 0.325. The molecule has 0 aliphatic rings. The van der Waals surface area contributed by atoms with Gasteiger partial charge in [0.1, 0.15) is 0 Å². The average Bonchev–Trinajstić information content (AvgIpc) is 2.49. The van der Waals surface area contributed by atoms with Crippen LogP contribution < -0.4 is 5.32 Å². The molecule has 1 heterocycles. The van der Waals surface area contributed by atoms with Crippen molar-refractivity contribution in [2.45, 2.75) is 20.8 Å². The third-order valence-electron chi connectivity index (χ3n) is 3.23. The fourth-order valence-corrected chi connectivity index (χ4v) is 1.99. The van der Waals surface area contributed by atoms with Crippen molar-refractivity contribution in [1.29, 1.82) is 0 Å². The third-order valence-corrected chi connectivity index (χ3v) is 3.23. The third kappa shape index (κ3) is 3.91. The summed E-state index contributed by atoms with van der Waals surface area (Å²) in [6.45, 7) is 5.31. The molecular formula is C17H18N2O3. The molecule has 0 aliphatic heterocycles. The van der Waals surface area contributed by atoms with Crippen LogP contribution in [0.3, 0.4) is 0 Å². The molecule has 1 N–H and O–H groups in total. The number of carbonyl (C=O) groups excluding carboxylic acids is 2. The van der Waals surface area contributed by atoms with Gasteiger partial charge in [0.15, 0.2) is 6.61 Å². The lowest BCUT2D eigenvalue weighted by atomic mass is 10.1. The normalized spacial score (nSPS) is 10.1. The summed E-state index contributed by atoms with van der Waals surface area (Å²) in [5.74, 6) is -0.935. The van der Waals surface area contributed by atoms with Crippen molar-refractivity contribution in [3.8, 4) is 0 Å².